The Hall–Kier alpha value is -4.28. The fraction of sp³-hybridized carbons (Fsp3) is 0.292. The number of oxazole rings is 1. The van der Waals surface area contributed by atoms with Gasteiger partial charge in [0.1, 0.15) is 11.6 Å². The van der Waals surface area contributed by atoms with E-state index in [1.807, 2.05) is 0 Å². The highest BCUT2D eigenvalue weighted by molar-refractivity contribution is 6.25. The van der Waals surface area contributed by atoms with Gasteiger partial charge in [0.15, 0.2) is 11.4 Å². The molecule has 3 aromatic rings. The first-order chi connectivity index (χ1) is 16.9. The number of nitrogens with zero attached hydrogens (tertiary/aromatic N) is 2. The molecule has 3 heterocycles. The summed E-state index contributed by atoms with van der Waals surface area (Å²) >= 11 is 0. The number of amides is 4. The van der Waals surface area contributed by atoms with E-state index in [2.05, 4.69) is 20.9 Å². The van der Waals surface area contributed by atoms with E-state index < -0.39 is 35.5 Å². The van der Waals surface area contributed by atoms with Crippen LogP contribution in [0, 0.1) is 5.82 Å². The molecule has 0 radical (unpaired) electrons. The minimum absolute atomic E-state index is 0.0709. The third-order valence-electron chi connectivity index (χ3n) is 6.03. The summed E-state index contributed by atoms with van der Waals surface area (Å²) in [6.07, 6.45) is 1.64. The molecule has 2 aliphatic heterocycles. The zero-order valence-corrected chi connectivity index (χ0v) is 18.6. The number of imide groups is 2. The summed E-state index contributed by atoms with van der Waals surface area (Å²) in [6.45, 7) is 1.07. The summed E-state index contributed by atoms with van der Waals surface area (Å²) in [6, 6.07) is 8.74. The van der Waals surface area contributed by atoms with Crippen LogP contribution in [0.25, 0.3) is 11.1 Å². The molecule has 1 atom stereocenters. The van der Waals surface area contributed by atoms with Crippen LogP contribution in [0.3, 0.4) is 0 Å². The first-order valence-electron chi connectivity index (χ1n) is 11.3. The monoisotopic (exact) mass is 479 g/mol. The molecular weight excluding hydrogens is 457 g/mol. The van der Waals surface area contributed by atoms with Crippen LogP contribution in [0.4, 0.5) is 16.1 Å². The average Bonchev–Trinajstić information content (AvgIpc) is 3.37. The quantitative estimate of drug-likeness (QED) is 0.332. The summed E-state index contributed by atoms with van der Waals surface area (Å²) in [5.41, 5.74) is 1.53. The van der Waals surface area contributed by atoms with E-state index in [4.69, 9.17) is 4.42 Å². The molecule has 0 aliphatic carbocycles. The van der Waals surface area contributed by atoms with Crippen molar-refractivity contribution in [3.8, 4) is 0 Å². The molecular formula is C24H22FN5O5. The van der Waals surface area contributed by atoms with Gasteiger partial charge in [0, 0.05) is 25.2 Å². The SMILES string of the molecule is O=C1CCC(N2C(=O)c3cccc(NCCCCNc4nc5cccc(F)c5o4)c3C2=O)C(=O)N1. The third kappa shape index (κ3) is 4.20. The molecule has 0 bridgehead atoms. The van der Waals surface area contributed by atoms with Crippen LogP contribution in [0.5, 0.6) is 0 Å². The van der Waals surface area contributed by atoms with Crippen LogP contribution in [-0.4, -0.2) is 52.6 Å². The smallest absolute Gasteiger partial charge is 0.295 e. The lowest BCUT2D eigenvalue weighted by atomic mass is 10.0. The molecule has 10 nitrogen and oxygen atoms in total. The second-order valence-electron chi connectivity index (χ2n) is 8.34. The number of nitrogens with one attached hydrogen (secondary N) is 3. The molecule has 3 N–H and O–H groups in total. The molecule has 0 saturated carbocycles. The normalized spacial score (nSPS) is 17.6. The van der Waals surface area contributed by atoms with E-state index in [0.29, 0.717) is 24.3 Å². The lowest BCUT2D eigenvalue weighted by molar-refractivity contribution is -0.136. The van der Waals surface area contributed by atoms with Gasteiger partial charge in [-0.2, -0.15) is 4.98 Å². The Balaban J connectivity index is 1.16. The molecule has 1 saturated heterocycles. The predicted octanol–water partition coefficient (Wildman–Crippen LogP) is 2.67. The topological polar surface area (TPSA) is 134 Å². The van der Waals surface area contributed by atoms with Crippen molar-refractivity contribution in [1.29, 1.82) is 0 Å². The van der Waals surface area contributed by atoms with Crippen LogP contribution in [0.15, 0.2) is 40.8 Å². The Morgan fingerprint density at radius 3 is 2.57 bits per heavy atom. The van der Waals surface area contributed by atoms with E-state index in [9.17, 15) is 23.6 Å². The van der Waals surface area contributed by atoms with Gasteiger partial charge in [-0.1, -0.05) is 12.1 Å². The van der Waals surface area contributed by atoms with Crippen molar-refractivity contribution < 1.29 is 28.0 Å². The van der Waals surface area contributed by atoms with Gasteiger partial charge >= 0.3 is 0 Å². The van der Waals surface area contributed by atoms with E-state index >= 15 is 0 Å². The molecule has 1 unspecified atom stereocenters. The molecule has 4 amide bonds. The van der Waals surface area contributed by atoms with Gasteiger partial charge in [0.25, 0.3) is 17.8 Å². The fourth-order valence-corrected chi connectivity index (χ4v) is 4.32. The molecule has 35 heavy (non-hydrogen) atoms. The van der Waals surface area contributed by atoms with Crippen molar-refractivity contribution in [1.82, 2.24) is 15.2 Å². The average molecular weight is 479 g/mol. The first-order valence-corrected chi connectivity index (χ1v) is 11.3. The van der Waals surface area contributed by atoms with Gasteiger partial charge in [0.05, 0.1) is 11.1 Å². The fourth-order valence-electron chi connectivity index (χ4n) is 4.32. The van der Waals surface area contributed by atoms with Crippen LogP contribution < -0.4 is 16.0 Å². The van der Waals surface area contributed by atoms with Gasteiger partial charge < -0.3 is 15.1 Å². The number of carbonyl (C=O) groups is 4. The molecule has 1 fully saturated rings. The van der Waals surface area contributed by atoms with Gasteiger partial charge in [-0.15, -0.1) is 0 Å². The number of carbonyl (C=O) groups excluding carboxylic acids is 4. The van der Waals surface area contributed by atoms with Crippen molar-refractivity contribution in [2.75, 3.05) is 23.7 Å². The first kappa shape index (κ1) is 22.5. The largest absolute Gasteiger partial charge is 0.420 e. The predicted molar refractivity (Wildman–Crippen MR) is 123 cm³/mol. The van der Waals surface area contributed by atoms with Gasteiger partial charge in [-0.25, -0.2) is 4.39 Å². The summed E-state index contributed by atoms with van der Waals surface area (Å²) in [7, 11) is 0. The molecule has 180 valence electrons. The second-order valence-corrected chi connectivity index (χ2v) is 8.34. The Labute approximate surface area is 198 Å². The van der Waals surface area contributed by atoms with E-state index in [1.54, 1.807) is 30.3 Å². The molecule has 5 rings (SSSR count). The third-order valence-corrected chi connectivity index (χ3v) is 6.03. The van der Waals surface area contributed by atoms with Crippen molar-refractivity contribution >= 4 is 46.4 Å². The minimum atomic E-state index is -1.00. The summed E-state index contributed by atoms with van der Waals surface area (Å²) in [5.74, 6) is -2.61. The highest BCUT2D eigenvalue weighted by atomic mass is 19.1. The van der Waals surface area contributed by atoms with Gasteiger partial charge in [-0.3, -0.25) is 29.4 Å². The Kier molecular flexibility index (Phi) is 5.89. The Morgan fingerprint density at radius 1 is 1.03 bits per heavy atom. The molecule has 1 aromatic heterocycles. The maximum Gasteiger partial charge on any atom is 0.295 e. The van der Waals surface area contributed by atoms with Gasteiger partial charge in [-0.05, 0) is 43.5 Å². The second kappa shape index (κ2) is 9.16. The lowest BCUT2D eigenvalue weighted by Crippen LogP contribution is -2.54. The standard InChI is InChI=1S/C24H22FN5O5/c25-14-6-4-8-16-20(14)35-24(28-16)27-12-2-1-11-26-15-7-3-5-13-19(15)23(34)30(22(13)33)17-9-10-18(31)29-21(17)32/h3-8,17,26H,1-2,9-12H2,(H,27,28)(H,29,31,32). The molecule has 0 spiro atoms. The molecule has 2 aliphatic rings. The van der Waals surface area contributed by atoms with Crippen molar-refractivity contribution in [2.45, 2.75) is 31.7 Å². The van der Waals surface area contributed by atoms with E-state index in [1.165, 1.54) is 6.07 Å². The minimum Gasteiger partial charge on any atom is -0.420 e. The van der Waals surface area contributed by atoms with E-state index in [-0.39, 0.29) is 35.6 Å². The van der Waals surface area contributed by atoms with Crippen molar-refractivity contribution in [3.63, 3.8) is 0 Å². The number of piperidine rings is 1. The number of aromatic nitrogens is 1. The number of hydrogen-bond acceptors (Lipinski definition) is 8. The van der Waals surface area contributed by atoms with Crippen LogP contribution in [0.2, 0.25) is 0 Å². The van der Waals surface area contributed by atoms with Crippen molar-refractivity contribution in [2.24, 2.45) is 0 Å². The maximum absolute atomic E-state index is 13.7. The Bertz CT molecular complexity index is 1350. The van der Waals surface area contributed by atoms with Gasteiger partial charge in [0.2, 0.25) is 11.8 Å². The number of unbranched alkanes of at least 4 members (excludes halogenated alkanes) is 1. The maximum atomic E-state index is 13.7. The highest BCUT2D eigenvalue weighted by Gasteiger charge is 2.45. The number of fused-ring (bicyclic) bond motifs is 2. The zero-order chi connectivity index (χ0) is 24.5. The number of para-hydroxylation sites is 1. The van der Waals surface area contributed by atoms with Crippen molar-refractivity contribution in [3.05, 3.63) is 53.3 Å². The van der Waals surface area contributed by atoms with Crippen LogP contribution in [-0.2, 0) is 9.59 Å². The van der Waals surface area contributed by atoms with E-state index in [0.717, 1.165) is 17.7 Å². The number of rotatable bonds is 8. The molecule has 11 heteroatoms. The summed E-state index contributed by atoms with van der Waals surface area (Å²) < 4.78 is 19.1. The Morgan fingerprint density at radius 2 is 1.80 bits per heavy atom. The number of benzene rings is 2. The number of halogens is 1. The van der Waals surface area contributed by atoms with Crippen LogP contribution in [0.1, 0.15) is 46.4 Å². The zero-order valence-electron chi connectivity index (χ0n) is 18.6. The highest BCUT2D eigenvalue weighted by Crippen LogP contribution is 2.32. The summed E-state index contributed by atoms with van der Waals surface area (Å²) in [4.78, 5) is 54.8. The van der Waals surface area contributed by atoms with Crippen LogP contribution >= 0.6 is 0 Å². The summed E-state index contributed by atoms with van der Waals surface area (Å²) in [5, 5.41) is 8.41. The number of hydrogen-bond donors (Lipinski definition) is 3. The number of anilines is 2. The lowest BCUT2D eigenvalue weighted by Gasteiger charge is -2.27. The molecule has 2 aromatic carbocycles.